The zero-order valence-electron chi connectivity index (χ0n) is 24.3. The number of amides is 3. The number of carbonyl (C=O) groups is 5. The van der Waals surface area contributed by atoms with Gasteiger partial charge in [-0.25, -0.2) is 0 Å². The van der Waals surface area contributed by atoms with E-state index in [4.69, 9.17) is 0 Å². The summed E-state index contributed by atoms with van der Waals surface area (Å²) in [5.41, 5.74) is 0.756. The van der Waals surface area contributed by atoms with Gasteiger partial charge in [0.05, 0.1) is 18.0 Å². The van der Waals surface area contributed by atoms with E-state index in [1.54, 1.807) is 6.92 Å². The van der Waals surface area contributed by atoms with Crippen LogP contribution in [0.5, 0.6) is 0 Å². The fraction of sp³-hybridized carbons (Fsp3) is 0.645. The maximum absolute atomic E-state index is 14.1. The summed E-state index contributed by atoms with van der Waals surface area (Å²) in [6.07, 6.45) is 2.74. The number of benzene rings is 1. The summed E-state index contributed by atoms with van der Waals surface area (Å²) in [7, 11) is 0. The lowest BCUT2D eigenvalue weighted by molar-refractivity contribution is -0.148. The molecular formula is C31H43N3O5. The highest BCUT2D eigenvalue weighted by Gasteiger charge is 2.70. The van der Waals surface area contributed by atoms with Crippen molar-refractivity contribution in [3.63, 3.8) is 0 Å². The van der Waals surface area contributed by atoms with E-state index in [9.17, 15) is 24.0 Å². The van der Waals surface area contributed by atoms with E-state index >= 15 is 0 Å². The minimum absolute atomic E-state index is 0.0374. The summed E-state index contributed by atoms with van der Waals surface area (Å²) in [6.45, 7) is 13.4. The summed E-state index contributed by atoms with van der Waals surface area (Å²) in [6, 6.07) is 6.11. The average Bonchev–Trinajstić information content (AvgIpc) is 3.73. The van der Waals surface area contributed by atoms with Gasteiger partial charge in [0, 0.05) is 23.8 Å². The highest BCUT2D eigenvalue weighted by molar-refractivity contribution is 6.38. The normalized spacial score (nSPS) is 22.5. The molecule has 0 radical (unpaired) electrons. The van der Waals surface area contributed by atoms with Crippen molar-refractivity contribution in [3.8, 4) is 0 Å². The number of rotatable bonds is 10. The van der Waals surface area contributed by atoms with E-state index in [0.717, 1.165) is 24.0 Å². The van der Waals surface area contributed by atoms with Gasteiger partial charge in [-0.2, -0.15) is 0 Å². The summed E-state index contributed by atoms with van der Waals surface area (Å²) < 4.78 is 0. The molecule has 1 aromatic carbocycles. The van der Waals surface area contributed by atoms with Crippen LogP contribution in [0.15, 0.2) is 24.3 Å². The molecule has 3 aliphatic carbocycles. The Morgan fingerprint density at radius 2 is 1.54 bits per heavy atom. The summed E-state index contributed by atoms with van der Waals surface area (Å²) in [5, 5.41) is 8.49. The molecule has 39 heavy (non-hydrogen) atoms. The van der Waals surface area contributed by atoms with Crippen molar-refractivity contribution in [2.75, 3.05) is 0 Å². The van der Waals surface area contributed by atoms with Crippen LogP contribution in [0.3, 0.4) is 0 Å². The number of fused-ring (bicyclic) bond motifs is 3. The van der Waals surface area contributed by atoms with E-state index in [-0.39, 0.29) is 36.0 Å². The first-order chi connectivity index (χ1) is 18.1. The van der Waals surface area contributed by atoms with Crippen LogP contribution in [0.1, 0.15) is 91.7 Å². The number of hydrogen-bond donors (Lipinski definition) is 3. The molecule has 3 unspecified atom stereocenters. The Morgan fingerprint density at radius 3 is 2.03 bits per heavy atom. The summed E-state index contributed by atoms with van der Waals surface area (Å²) in [4.78, 5) is 66.0. The molecule has 4 rings (SSSR count). The summed E-state index contributed by atoms with van der Waals surface area (Å²) in [5.74, 6) is -3.43. The Balaban J connectivity index is 1.56. The predicted molar refractivity (Wildman–Crippen MR) is 148 cm³/mol. The second kappa shape index (κ2) is 10.2. The molecule has 212 valence electrons. The van der Waals surface area contributed by atoms with Crippen LogP contribution in [0, 0.1) is 22.7 Å². The number of ketones is 2. The number of nitrogens with one attached hydrogen (secondary N) is 3. The molecule has 0 heterocycles. The quantitative estimate of drug-likeness (QED) is 0.396. The van der Waals surface area contributed by atoms with E-state index in [2.05, 4.69) is 16.0 Å². The fourth-order valence-corrected chi connectivity index (χ4v) is 6.04. The van der Waals surface area contributed by atoms with Gasteiger partial charge in [-0.1, -0.05) is 72.7 Å². The number of Topliss-reactive ketones (excluding diaryl/α,β-unsaturated/α-hetero) is 2. The Hall–Kier alpha value is -3.03. The van der Waals surface area contributed by atoms with Crippen molar-refractivity contribution in [3.05, 3.63) is 35.4 Å². The predicted octanol–water partition coefficient (Wildman–Crippen LogP) is 3.20. The zero-order valence-corrected chi connectivity index (χ0v) is 24.3. The SMILES string of the molecule is CCC(NC(=O)C1C(C(=O)[C@@H](NC(=O)CC(C)(C)C)C(C)(C)C)CC12c1ccccc12)C(=O)C(=O)NC1CC1. The van der Waals surface area contributed by atoms with Crippen LogP contribution in [0.2, 0.25) is 0 Å². The average molecular weight is 538 g/mol. The van der Waals surface area contributed by atoms with Gasteiger partial charge in [0.15, 0.2) is 5.78 Å². The molecule has 0 aromatic heterocycles. The fourth-order valence-electron chi connectivity index (χ4n) is 6.04. The van der Waals surface area contributed by atoms with Gasteiger partial charge in [0.1, 0.15) is 0 Å². The van der Waals surface area contributed by atoms with Crippen molar-refractivity contribution < 1.29 is 24.0 Å². The maximum atomic E-state index is 14.1. The second-order valence-electron chi connectivity index (χ2n) is 13.9. The first-order valence-electron chi connectivity index (χ1n) is 14.2. The van der Waals surface area contributed by atoms with Crippen LogP contribution in [0.25, 0.3) is 0 Å². The Kier molecular flexibility index (Phi) is 7.56. The van der Waals surface area contributed by atoms with Gasteiger partial charge >= 0.3 is 0 Å². The van der Waals surface area contributed by atoms with Gasteiger partial charge in [-0.05, 0) is 47.6 Å². The monoisotopic (exact) mass is 537 g/mol. The smallest absolute Gasteiger partial charge is 0.289 e. The Morgan fingerprint density at radius 1 is 0.949 bits per heavy atom. The molecule has 8 nitrogen and oxygen atoms in total. The van der Waals surface area contributed by atoms with Crippen LogP contribution >= 0.6 is 0 Å². The number of carbonyl (C=O) groups excluding carboxylic acids is 5. The van der Waals surface area contributed by atoms with E-state index < -0.39 is 52.3 Å². The van der Waals surface area contributed by atoms with E-state index in [0.29, 0.717) is 6.42 Å². The van der Waals surface area contributed by atoms with Gasteiger partial charge in [-0.15, -0.1) is 0 Å². The van der Waals surface area contributed by atoms with Crippen molar-refractivity contribution in [2.45, 2.75) is 104 Å². The molecule has 0 saturated heterocycles. The third kappa shape index (κ3) is 5.80. The largest absolute Gasteiger partial charge is 0.347 e. The third-order valence-corrected chi connectivity index (χ3v) is 8.27. The van der Waals surface area contributed by atoms with E-state index in [1.807, 2.05) is 65.8 Å². The molecule has 3 amide bonds. The summed E-state index contributed by atoms with van der Waals surface area (Å²) >= 11 is 0. The molecule has 1 aromatic rings. The van der Waals surface area contributed by atoms with Crippen LogP contribution < -0.4 is 16.0 Å². The van der Waals surface area contributed by atoms with Gasteiger partial charge in [0.25, 0.3) is 5.91 Å². The van der Waals surface area contributed by atoms with Crippen LogP contribution in [0.4, 0.5) is 0 Å². The Bertz CT molecular complexity index is 1160. The highest BCUT2D eigenvalue weighted by atomic mass is 16.2. The zero-order chi connectivity index (χ0) is 28.9. The van der Waals surface area contributed by atoms with Crippen LogP contribution in [-0.4, -0.2) is 47.4 Å². The Labute approximate surface area is 231 Å². The molecule has 3 aliphatic rings. The lowest BCUT2D eigenvalue weighted by Crippen LogP contribution is -2.62. The third-order valence-electron chi connectivity index (χ3n) is 8.27. The highest BCUT2D eigenvalue weighted by Crippen LogP contribution is 2.68. The molecule has 8 heteroatoms. The van der Waals surface area contributed by atoms with Gasteiger partial charge in [-0.3, -0.25) is 24.0 Å². The molecule has 3 N–H and O–H groups in total. The topological polar surface area (TPSA) is 121 Å². The molecule has 1 spiro atoms. The number of hydrogen-bond acceptors (Lipinski definition) is 5. The standard InChI is InChI=1S/C31H43N3O5/c1-8-21(25(37)28(39)32-17-13-14-17)33-27(38)23-18(15-31(23)19-11-9-10-12-20(19)31)24(36)26(30(5,6)7)34-22(35)16-29(2,3)4/h9-12,17-18,21,23,26H,8,13-16H2,1-7H3,(H,32,39)(H,33,38)(H,34,35)/t18?,21?,23?,26-/m1/s1. The van der Waals surface area contributed by atoms with E-state index in [1.165, 1.54) is 0 Å². The van der Waals surface area contributed by atoms with Crippen LogP contribution in [-0.2, 0) is 29.4 Å². The maximum Gasteiger partial charge on any atom is 0.289 e. The first-order valence-corrected chi connectivity index (χ1v) is 14.2. The van der Waals surface area contributed by atoms with Gasteiger partial charge < -0.3 is 16.0 Å². The first kappa shape index (κ1) is 29.0. The van der Waals surface area contributed by atoms with Crippen molar-refractivity contribution in [1.82, 2.24) is 16.0 Å². The minimum Gasteiger partial charge on any atom is -0.347 e. The molecule has 0 aliphatic heterocycles. The minimum atomic E-state index is -0.962. The molecular weight excluding hydrogens is 494 g/mol. The molecule has 2 saturated carbocycles. The van der Waals surface area contributed by atoms with Crippen molar-refractivity contribution >= 4 is 29.3 Å². The second-order valence-corrected chi connectivity index (χ2v) is 13.9. The molecule has 2 fully saturated rings. The molecule has 4 atom stereocenters. The van der Waals surface area contributed by atoms with Gasteiger partial charge in [0.2, 0.25) is 17.6 Å². The lowest BCUT2D eigenvalue weighted by Gasteiger charge is -2.47. The lowest BCUT2D eigenvalue weighted by atomic mass is 9.55. The molecule has 0 bridgehead atoms. The van der Waals surface area contributed by atoms with Crippen molar-refractivity contribution in [2.24, 2.45) is 22.7 Å². The van der Waals surface area contributed by atoms with Crippen molar-refractivity contribution in [1.29, 1.82) is 0 Å².